The molecule has 0 saturated carbocycles. The lowest BCUT2D eigenvalue weighted by Gasteiger charge is -2.07. The number of aromatic nitrogens is 3. The zero-order chi connectivity index (χ0) is 13.8. The third kappa shape index (κ3) is 2.98. The Labute approximate surface area is 110 Å². The fourth-order valence-electron chi connectivity index (χ4n) is 1.54. The molecule has 0 fully saturated rings. The Morgan fingerprint density at radius 2 is 2.26 bits per heavy atom. The topological polar surface area (TPSA) is 93.9 Å². The van der Waals surface area contributed by atoms with Crippen LogP contribution in [0.2, 0.25) is 0 Å². The van der Waals surface area contributed by atoms with Crippen molar-refractivity contribution in [1.29, 1.82) is 0 Å². The molecule has 0 aliphatic rings. The molecule has 98 valence electrons. The molecule has 1 aromatic heterocycles. The highest BCUT2D eigenvalue weighted by atomic mass is 16.5. The van der Waals surface area contributed by atoms with Crippen molar-refractivity contribution in [3.8, 4) is 17.0 Å². The molecule has 1 heterocycles. The predicted octanol–water partition coefficient (Wildman–Crippen LogP) is 1.53. The van der Waals surface area contributed by atoms with Crippen LogP contribution >= 0.6 is 0 Å². The average Bonchev–Trinajstić information content (AvgIpc) is 2.86. The molecule has 0 atom stereocenters. The number of nitrogens with zero attached hydrogens (tertiary/aromatic N) is 2. The van der Waals surface area contributed by atoms with Gasteiger partial charge in [-0.25, -0.2) is 0 Å². The number of ether oxygens (including phenoxy) is 1. The number of nitrogens with one attached hydrogen (secondary N) is 1. The van der Waals surface area contributed by atoms with Gasteiger partial charge in [-0.15, -0.1) is 0 Å². The van der Waals surface area contributed by atoms with Crippen molar-refractivity contribution in [2.75, 3.05) is 6.61 Å². The van der Waals surface area contributed by atoms with Gasteiger partial charge in [0, 0.05) is 5.56 Å². The minimum absolute atomic E-state index is 0.108. The second kappa shape index (κ2) is 5.34. The molecule has 0 aliphatic heterocycles. The van der Waals surface area contributed by atoms with Crippen LogP contribution in [-0.4, -0.2) is 27.9 Å². The smallest absolute Gasteiger partial charge is 0.271 e. The molecule has 0 radical (unpaired) electrons. The van der Waals surface area contributed by atoms with Gasteiger partial charge in [0.1, 0.15) is 18.1 Å². The van der Waals surface area contributed by atoms with Crippen molar-refractivity contribution >= 4 is 5.91 Å². The van der Waals surface area contributed by atoms with Crippen LogP contribution in [0, 0.1) is 0 Å². The normalized spacial score (nSPS) is 10.2. The van der Waals surface area contributed by atoms with Gasteiger partial charge in [-0.05, 0) is 24.6 Å². The Balaban J connectivity index is 2.30. The molecule has 0 saturated heterocycles. The fourth-order valence-corrected chi connectivity index (χ4v) is 1.54. The predicted molar refractivity (Wildman–Crippen MR) is 70.6 cm³/mol. The van der Waals surface area contributed by atoms with E-state index in [0.717, 1.165) is 5.57 Å². The fraction of sp³-hybridized carbons (Fsp3) is 0.154. The molecule has 2 aromatic rings. The number of amides is 1. The SMILES string of the molecule is C=C(C)COc1cccc(-c2n[nH]nc2C(N)=O)c1. The maximum atomic E-state index is 11.2. The Hall–Kier alpha value is -2.63. The van der Waals surface area contributed by atoms with Crippen LogP contribution in [0.25, 0.3) is 11.3 Å². The summed E-state index contributed by atoms with van der Waals surface area (Å²) in [5, 5.41) is 10.1. The summed E-state index contributed by atoms with van der Waals surface area (Å²) in [6.07, 6.45) is 0. The molecule has 6 nitrogen and oxygen atoms in total. The Kier molecular flexibility index (Phi) is 3.61. The molecule has 0 spiro atoms. The standard InChI is InChI=1S/C13H14N4O2/c1-8(2)7-19-10-5-3-4-9(6-10)11-12(13(14)18)16-17-15-11/h3-6H,1,7H2,2H3,(H2,14,18)(H,15,16,17). The van der Waals surface area contributed by atoms with E-state index in [0.29, 0.717) is 23.6 Å². The Morgan fingerprint density at radius 1 is 1.47 bits per heavy atom. The molecule has 0 bridgehead atoms. The molecular weight excluding hydrogens is 244 g/mol. The largest absolute Gasteiger partial charge is 0.489 e. The second-order valence-electron chi connectivity index (χ2n) is 4.16. The van der Waals surface area contributed by atoms with Gasteiger partial charge in [-0.3, -0.25) is 4.79 Å². The molecule has 1 amide bonds. The number of primary amides is 1. The highest BCUT2D eigenvalue weighted by molar-refractivity contribution is 5.96. The summed E-state index contributed by atoms with van der Waals surface area (Å²) in [6, 6.07) is 7.20. The molecule has 1 aromatic carbocycles. The van der Waals surface area contributed by atoms with Crippen molar-refractivity contribution in [3.63, 3.8) is 0 Å². The van der Waals surface area contributed by atoms with Crippen LogP contribution in [0.15, 0.2) is 36.4 Å². The van der Waals surface area contributed by atoms with Gasteiger partial charge in [-0.2, -0.15) is 15.4 Å². The lowest BCUT2D eigenvalue weighted by molar-refractivity contribution is 0.0996. The van der Waals surface area contributed by atoms with E-state index in [4.69, 9.17) is 10.5 Å². The molecule has 2 rings (SSSR count). The lowest BCUT2D eigenvalue weighted by Crippen LogP contribution is -2.12. The number of aromatic amines is 1. The Morgan fingerprint density at radius 3 is 2.95 bits per heavy atom. The summed E-state index contributed by atoms with van der Waals surface area (Å²) in [6.45, 7) is 6.08. The zero-order valence-electron chi connectivity index (χ0n) is 10.5. The summed E-state index contributed by atoms with van der Waals surface area (Å²) in [7, 11) is 0. The van der Waals surface area contributed by atoms with Crippen LogP contribution in [0.3, 0.4) is 0 Å². The molecule has 6 heteroatoms. The average molecular weight is 258 g/mol. The van der Waals surface area contributed by atoms with Crippen molar-refractivity contribution in [3.05, 3.63) is 42.1 Å². The van der Waals surface area contributed by atoms with Crippen LogP contribution in [-0.2, 0) is 0 Å². The van der Waals surface area contributed by atoms with Crippen LogP contribution in [0.1, 0.15) is 17.4 Å². The number of benzene rings is 1. The van der Waals surface area contributed by atoms with E-state index in [1.807, 2.05) is 19.1 Å². The number of nitrogens with two attached hydrogens (primary N) is 1. The van der Waals surface area contributed by atoms with E-state index < -0.39 is 5.91 Å². The van der Waals surface area contributed by atoms with E-state index >= 15 is 0 Å². The van der Waals surface area contributed by atoms with Gasteiger partial charge in [0.05, 0.1) is 0 Å². The monoisotopic (exact) mass is 258 g/mol. The van der Waals surface area contributed by atoms with E-state index in [1.54, 1.807) is 12.1 Å². The summed E-state index contributed by atoms with van der Waals surface area (Å²) in [5.41, 5.74) is 7.38. The van der Waals surface area contributed by atoms with Gasteiger partial charge in [-0.1, -0.05) is 18.7 Å². The van der Waals surface area contributed by atoms with Crippen LogP contribution in [0.5, 0.6) is 5.75 Å². The van der Waals surface area contributed by atoms with E-state index in [9.17, 15) is 4.79 Å². The zero-order valence-corrected chi connectivity index (χ0v) is 10.5. The third-order valence-electron chi connectivity index (χ3n) is 2.37. The third-order valence-corrected chi connectivity index (χ3v) is 2.37. The van der Waals surface area contributed by atoms with Crippen molar-refractivity contribution in [2.45, 2.75) is 6.92 Å². The summed E-state index contributed by atoms with van der Waals surface area (Å²) in [4.78, 5) is 11.2. The van der Waals surface area contributed by atoms with Crippen molar-refractivity contribution in [1.82, 2.24) is 15.4 Å². The van der Waals surface area contributed by atoms with Crippen LogP contribution in [0.4, 0.5) is 0 Å². The number of carbonyl (C=O) groups is 1. The minimum Gasteiger partial charge on any atom is -0.489 e. The first-order valence-corrected chi connectivity index (χ1v) is 5.66. The molecule has 0 unspecified atom stereocenters. The van der Waals surface area contributed by atoms with Gasteiger partial charge < -0.3 is 10.5 Å². The van der Waals surface area contributed by atoms with Gasteiger partial charge in [0.2, 0.25) is 0 Å². The first kappa shape index (κ1) is 12.8. The Bertz CT molecular complexity index is 619. The highest BCUT2D eigenvalue weighted by Crippen LogP contribution is 2.24. The maximum Gasteiger partial charge on any atom is 0.271 e. The summed E-state index contributed by atoms with van der Waals surface area (Å²) >= 11 is 0. The maximum absolute atomic E-state index is 11.2. The number of H-pyrrole nitrogens is 1. The molecule has 3 N–H and O–H groups in total. The molecule has 0 aliphatic carbocycles. The number of hydrogen-bond donors (Lipinski definition) is 2. The van der Waals surface area contributed by atoms with E-state index in [2.05, 4.69) is 22.0 Å². The molecule has 19 heavy (non-hydrogen) atoms. The lowest BCUT2D eigenvalue weighted by atomic mass is 10.1. The quantitative estimate of drug-likeness (QED) is 0.795. The first-order chi connectivity index (χ1) is 9.08. The molecular formula is C13H14N4O2. The van der Waals surface area contributed by atoms with E-state index in [1.165, 1.54) is 0 Å². The van der Waals surface area contributed by atoms with Crippen molar-refractivity contribution < 1.29 is 9.53 Å². The van der Waals surface area contributed by atoms with Crippen molar-refractivity contribution in [2.24, 2.45) is 5.73 Å². The number of hydrogen-bond acceptors (Lipinski definition) is 4. The minimum atomic E-state index is -0.628. The summed E-state index contributed by atoms with van der Waals surface area (Å²) in [5.74, 6) is 0.0379. The number of rotatable bonds is 5. The highest BCUT2D eigenvalue weighted by Gasteiger charge is 2.15. The van der Waals surface area contributed by atoms with Gasteiger partial charge in [0.15, 0.2) is 5.69 Å². The second-order valence-corrected chi connectivity index (χ2v) is 4.16. The van der Waals surface area contributed by atoms with Gasteiger partial charge in [0.25, 0.3) is 5.91 Å². The van der Waals surface area contributed by atoms with Gasteiger partial charge >= 0.3 is 0 Å². The van der Waals surface area contributed by atoms with E-state index in [-0.39, 0.29) is 5.69 Å². The number of carbonyl (C=O) groups excluding carboxylic acids is 1. The first-order valence-electron chi connectivity index (χ1n) is 5.66. The summed E-state index contributed by atoms with van der Waals surface area (Å²) < 4.78 is 5.53. The van der Waals surface area contributed by atoms with Crippen LogP contribution < -0.4 is 10.5 Å².